The van der Waals surface area contributed by atoms with Crippen molar-refractivity contribution in [1.82, 2.24) is 0 Å². The zero-order chi connectivity index (χ0) is 27.7. The molecule has 1 aromatic rings. The number of allylic oxidation sites excluding steroid dienone is 2. The zero-order valence-electron chi connectivity index (χ0n) is 21.3. The summed E-state index contributed by atoms with van der Waals surface area (Å²) < 4.78 is 16.5. The Hall–Kier alpha value is -2.70. The lowest BCUT2D eigenvalue weighted by atomic mass is 9.66. The Balaban J connectivity index is 1.59. The van der Waals surface area contributed by atoms with Crippen molar-refractivity contribution in [2.24, 2.45) is 11.3 Å². The standard InChI is InChI=1S/C26H36O11/c1-12-7-15(27)10-26(3,4)16(12)6-5-13(2)36-25-23(33)22(32)21(31)19(37-25)11-35-24(34)14-8-17(28)20(30)18(29)9-14/h7-9,13,16,19,21-23,25,28-33H,5-6,10-11H2,1-4H3. The maximum absolute atomic E-state index is 12.3. The van der Waals surface area contributed by atoms with Gasteiger partial charge in [0.2, 0.25) is 0 Å². The number of aromatic hydroxyl groups is 3. The average Bonchev–Trinajstić information content (AvgIpc) is 2.80. The zero-order valence-corrected chi connectivity index (χ0v) is 21.3. The van der Waals surface area contributed by atoms with Crippen LogP contribution >= 0.6 is 0 Å². The van der Waals surface area contributed by atoms with Gasteiger partial charge in [-0.15, -0.1) is 0 Å². The highest BCUT2D eigenvalue weighted by atomic mass is 16.7. The predicted octanol–water partition coefficient (Wildman–Crippen LogP) is 1.51. The second-order valence-corrected chi connectivity index (χ2v) is 10.6. The van der Waals surface area contributed by atoms with Crippen LogP contribution in [0.15, 0.2) is 23.8 Å². The summed E-state index contributed by atoms with van der Waals surface area (Å²) in [4.78, 5) is 24.2. The Kier molecular flexibility index (Phi) is 8.86. The van der Waals surface area contributed by atoms with Crippen molar-refractivity contribution < 1.29 is 54.4 Å². The maximum atomic E-state index is 12.3. The summed E-state index contributed by atoms with van der Waals surface area (Å²) in [5.74, 6) is -2.95. The summed E-state index contributed by atoms with van der Waals surface area (Å²) in [5, 5.41) is 59.6. The minimum Gasteiger partial charge on any atom is -0.504 e. The van der Waals surface area contributed by atoms with E-state index in [1.165, 1.54) is 0 Å². The third-order valence-corrected chi connectivity index (χ3v) is 7.09. The van der Waals surface area contributed by atoms with Gasteiger partial charge in [-0.3, -0.25) is 4.79 Å². The summed E-state index contributed by atoms with van der Waals surface area (Å²) in [6.07, 6.45) is -4.29. The van der Waals surface area contributed by atoms with Gasteiger partial charge < -0.3 is 44.8 Å². The molecule has 2 aliphatic rings. The first-order chi connectivity index (χ1) is 17.2. The Morgan fingerprint density at radius 1 is 1.11 bits per heavy atom. The quantitative estimate of drug-likeness (QED) is 0.214. The van der Waals surface area contributed by atoms with Crippen molar-refractivity contribution in [1.29, 1.82) is 0 Å². The molecule has 1 aliphatic carbocycles. The SMILES string of the molecule is CC1=CC(=O)CC(C)(C)C1CCC(C)OC1OC(COC(=O)c2cc(O)c(O)c(O)c2)C(O)C(O)C1O. The van der Waals surface area contributed by atoms with E-state index >= 15 is 0 Å². The first-order valence-corrected chi connectivity index (χ1v) is 12.2. The summed E-state index contributed by atoms with van der Waals surface area (Å²) >= 11 is 0. The van der Waals surface area contributed by atoms with Crippen LogP contribution in [0.25, 0.3) is 0 Å². The molecule has 11 heteroatoms. The molecule has 1 fully saturated rings. The lowest BCUT2D eigenvalue weighted by Gasteiger charge is -2.41. The Morgan fingerprint density at radius 3 is 2.32 bits per heavy atom. The van der Waals surface area contributed by atoms with Crippen molar-refractivity contribution in [3.05, 3.63) is 29.3 Å². The van der Waals surface area contributed by atoms with E-state index in [2.05, 4.69) is 13.8 Å². The number of esters is 1. The minimum absolute atomic E-state index is 0.111. The minimum atomic E-state index is -1.63. The van der Waals surface area contributed by atoms with Gasteiger partial charge in [-0.05, 0) is 56.2 Å². The third-order valence-electron chi connectivity index (χ3n) is 7.09. The normalized spacial score (nSPS) is 30.5. The van der Waals surface area contributed by atoms with Crippen LogP contribution in [0.1, 0.15) is 57.3 Å². The van der Waals surface area contributed by atoms with Gasteiger partial charge in [0.15, 0.2) is 29.3 Å². The largest absolute Gasteiger partial charge is 0.504 e. The van der Waals surface area contributed by atoms with Crippen molar-refractivity contribution in [2.45, 2.75) is 83.8 Å². The van der Waals surface area contributed by atoms with Gasteiger partial charge in [0.05, 0.1) is 11.7 Å². The lowest BCUT2D eigenvalue weighted by Crippen LogP contribution is -2.59. The number of hydrogen-bond donors (Lipinski definition) is 6. The molecule has 1 aliphatic heterocycles. The summed E-state index contributed by atoms with van der Waals surface area (Å²) in [7, 11) is 0. The number of carbonyl (C=O) groups excluding carboxylic acids is 2. The van der Waals surface area contributed by atoms with E-state index in [0.717, 1.165) is 24.1 Å². The van der Waals surface area contributed by atoms with Crippen LogP contribution in [0.2, 0.25) is 0 Å². The molecule has 0 saturated carbocycles. The number of aliphatic hydroxyl groups is 3. The molecule has 1 heterocycles. The van der Waals surface area contributed by atoms with E-state index in [9.17, 15) is 40.2 Å². The van der Waals surface area contributed by atoms with Gasteiger partial charge >= 0.3 is 5.97 Å². The average molecular weight is 525 g/mol. The summed E-state index contributed by atoms with van der Waals surface area (Å²) in [6.45, 7) is 7.29. The Labute approximate surface area is 214 Å². The molecule has 0 radical (unpaired) electrons. The highest BCUT2D eigenvalue weighted by molar-refractivity contribution is 5.92. The first kappa shape index (κ1) is 28.9. The van der Waals surface area contributed by atoms with Crippen molar-refractivity contribution in [3.8, 4) is 17.2 Å². The highest BCUT2D eigenvalue weighted by Gasteiger charge is 2.45. The molecule has 0 bridgehead atoms. The molecule has 6 N–H and O–H groups in total. The van der Waals surface area contributed by atoms with Crippen LogP contribution in [0, 0.1) is 11.3 Å². The number of aliphatic hydroxyl groups excluding tert-OH is 3. The second-order valence-electron chi connectivity index (χ2n) is 10.6. The fourth-order valence-electron chi connectivity index (χ4n) is 5.04. The predicted molar refractivity (Wildman–Crippen MR) is 129 cm³/mol. The maximum Gasteiger partial charge on any atom is 0.338 e. The van der Waals surface area contributed by atoms with Crippen LogP contribution in [0.3, 0.4) is 0 Å². The van der Waals surface area contributed by atoms with Crippen molar-refractivity contribution in [2.75, 3.05) is 6.61 Å². The van der Waals surface area contributed by atoms with Gasteiger partial charge in [-0.2, -0.15) is 0 Å². The number of benzene rings is 1. The van der Waals surface area contributed by atoms with Gasteiger partial charge in [-0.25, -0.2) is 4.79 Å². The van der Waals surface area contributed by atoms with E-state index in [-0.39, 0.29) is 22.7 Å². The van der Waals surface area contributed by atoms with E-state index in [0.29, 0.717) is 12.8 Å². The Bertz CT molecular complexity index is 1010. The van der Waals surface area contributed by atoms with Crippen LogP contribution in [-0.2, 0) is 19.0 Å². The molecule has 37 heavy (non-hydrogen) atoms. The summed E-state index contributed by atoms with van der Waals surface area (Å²) in [5.41, 5.74) is 0.548. The number of ketones is 1. The smallest absolute Gasteiger partial charge is 0.338 e. The summed E-state index contributed by atoms with van der Waals surface area (Å²) in [6, 6.07) is 1.78. The molecule has 206 valence electrons. The van der Waals surface area contributed by atoms with E-state index in [1.54, 1.807) is 13.0 Å². The highest BCUT2D eigenvalue weighted by Crippen LogP contribution is 2.42. The number of carbonyl (C=O) groups is 2. The lowest BCUT2D eigenvalue weighted by molar-refractivity contribution is -0.310. The number of phenolic OH excluding ortho intramolecular Hbond substituents is 3. The molecule has 7 unspecified atom stereocenters. The van der Waals surface area contributed by atoms with Gasteiger partial charge in [0.25, 0.3) is 0 Å². The first-order valence-electron chi connectivity index (χ1n) is 12.2. The van der Waals surface area contributed by atoms with Gasteiger partial charge in [-0.1, -0.05) is 19.4 Å². The third kappa shape index (κ3) is 6.60. The fraction of sp³-hybridized carbons (Fsp3) is 0.615. The molecule has 3 rings (SSSR count). The monoisotopic (exact) mass is 524 g/mol. The second kappa shape index (κ2) is 11.4. The molecule has 7 atom stereocenters. The van der Waals surface area contributed by atoms with Crippen LogP contribution in [0.5, 0.6) is 17.2 Å². The molecular formula is C26H36O11. The number of ether oxygens (including phenoxy) is 3. The molecule has 1 saturated heterocycles. The topological polar surface area (TPSA) is 183 Å². The fourth-order valence-corrected chi connectivity index (χ4v) is 5.04. The Morgan fingerprint density at radius 2 is 1.73 bits per heavy atom. The van der Waals surface area contributed by atoms with E-state index < -0.39 is 66.6 Å². The van der Waals surface area contributed by atoms with Crippen LogP contribution < -0.4 is 0 Å². The van der Waals surface area contributed by atoms with Gasteiger partial charge in [0.1, 0.15) is 31.0 Å². The molecule has 0 aromatic heterocycles. The van der Waals surface area contributed by atoms with Crippen molar-refractivity contribution in [3.63, 3.8) is 0 Å². The molecule has 1 aromatic carbocycles. The molecule has 11 nitrogen and oxygen atoms in total. The van der Waals surface area contributed by atoms with Crippen molar-refractivity contribution >= 4 is 11.8 Å². The van der Waals surface area contributed by atoms with Crippen LogP contribution in [0.4, 0.5) is 0 Å². The van der Waals surface area contributed by atoms with E-state index in [4.69, 9.17) is 14.2 Å². The van der Waals surface area contributed by atoms with Crippen LogP contribution in [-0.4, -0.2) is 85.8 Å². The molecular weight excluding hydrogens is 488 g/mol. The molecule has 0 spiro atoms. The number of phenols is 3. The number of hydrogen-bond acceptors (Lipinski definition) is 11. The molecule has 0 amide bonds. The number of rotatable bonds is 8. The van der Waals surface area contributed by atoms with Gasteiger partial charge in [0, 0.05) is 6.42 Å². The van der Waals surface area contributed by atoms with E-state index in [1.807, 2.05) is 6.92 Å².